The van der Waals surface area contributed by atoms with Crippen molar-refractivity contribution in [1.82, 2.24) is 4.90 Å². The molecule has 1 heterocycles. The Morgan fingerprint density at radius 1 is 1.35 bits per heavy atom. The highest BCUT2D eigenvalue weighted by Crippen LogP contribution is 2.30. The second-order valence-corrected chi connectivity index (χ2v) is 8.55. The van der Waals surface area contributed by atoms with Crippen LogP contribution in [0.4, 0.5) is 0 Å². The van der Waals surface area contributed by atoms with Gasteiger partial charge >= 0.3 is 0 Å². The largest absolute Gasteiger partial charge is 0.497 e. The van der Waals surface area contributed by atoms with Crippen LogP contribution in [-0.2, 0) is 14.6 Å². The molecule has 0 N–H and O–H groups in total. The molecule has 0 aromatic heterocycles. The van der Waals surface area contributed by atoms with E-state index in [1.165, 1.54) is 11.8 Å². The average Bonchev–Trinajstić information content (AvgIpc) is 2.53. The number of sulfone groups is 1. The van der Waals surface area contributed by atoms with Crippen molar-refractivity contribution in [3.8, 4) is 5.75 Å². The van der Waals surface area contributed by atoms with Crippen molar-refractivity contribution in [3.05, 3.63) is 29.8 Å². The number of carbonyl (C=O) groups is 1. The minimum Gasteiger partial charge on any atom is -0.497 e. The first-order valence-corrected chi connectivity index (χ1v) is 9.96. The summed E-state index contributed by atoms with van der Waals surface area (Å²) in [6.45, 7) is 3.04. The predicted molar refractivity (Wildman–Crippen MR) is 90.4 cm³/mol. The first-order chi connectivity index (χ1) is 10.8. The van der Waals surface area contributed by atoms with Crippen molar-refractivity contribution in [1.29, 1.82) is 0 Å². The molecule has 6 heteroatoms. The molecule has 0 spiro atoms. The Morgan fingerprint density at radius 3 is 2.57 bits per heavy atom. The van der Waals surface area contributed by atoms with Gasteiger partial charge in [0.15, 0.2) is 0 Å². The average molecular weight is 339 g/mol. The number of methoxy groups -OCH3 is 1. The summed E-state index contributed by atoms with van der Waals surface area (Å²) >= 11 is 0. The number of rotatable bonds is 5. The van der Waals surface area contributed by atoms with E-state index < -0.39 is 15.8 Å². The minimum absolute atomic E-state index is 0.0560. The number of benzene rings is 1. The summed E-state index contributed by atoms with van der Waals surface area (Å²) in [4.78, 5) is 14.2. The van der Waals surface area contributed by atoms with Crippen LogP contribution >= 0.6 is 0 Å². The van der Waals surface area contributed by atoms with E-state index in [0.717, 1.165) is 18.6 Å². The van der Waals surface area contributed by atoms with Crippen LogP contribution in [0.25, 0.3) is 0 Å². The third-order valence-electron chi connectivity index (χ3n) is 4.35. The van der Waals surface area contributed by atoms with Crippen molar-refractivity contribution < 1.29 is 17.9 Å². The maximum Gasteiger partial charge on any atom is 0.226 e. The molecule has 1 aliphatic rings. The molecule has 0 bridgehead atoms. The molecular formula is C17H25NO4S. The van der Waals surface area contributed by atoms with Crippen molar-refractivity contribution in [2.75, 3.05) is 32.2 Å². The molecule has 1 saturated heterocycles. The third kappa shape index (κ3) is 4.96. The lowest BCUT2D eigenvalue weighted by atomic mass is 9.89. The van der Waals surface area contributed by atoms with Crippen LogP contribution in [0.15, 0.2) is 24.3 Å². The summed E-state index contributed by atoms with van der Waals surface area (Å²) in [5.41, 5.74) is 1.24. The Labute approximate surface area is 138 Å². The molecule has 128 valence electrons. The van der Waals surface area contributed by atoms with E-state index in [9.17, 15) is 13.2 Å². The first kappa shape index (κ1) is 17.8. The summed E-state index contributed by atoms with van der Waals surface area (Å²) in [6, 6.07) is 8.06. The van der Waals surface area contributed by atoms with Gasteiger partial charge in [0.2, 0.25) is 5.91 Å². The summed E-state index contributed by atoms with van der Waals surface area (Å²) < 4.78 is 27.9. The molecule has 0 saturated carbocycles. The van der Waals surface area contributed by atoms with Crippen LogP contribution in [0.2, 0.25) is 0 Å². The molecule has 2 rings (SSSR count). The molecule has 23 heavy (non-hydrogen) atoms. The van der Waals surface area contributed by atoms with Crippen LogP contribution in [0.5, 0.6) is 5.75 Å². The second kappa shape index (κ2) is 7.34. The molecular weight excluding hydrogens is 314 g/mol. The number of nitrogens with zero attached hydrogens (tertiary/aromatic N) is 1. The fraction of sp³-hybridized carbons (Fsp3) is 0.588. The van der Waals surface area contributed by atoms with Gasteiger partial charge in [0.25, 0.3) is 0 Å². The van der Waals surface area contributed by atoms with E-state index in [0.29, 0.717) is 19.0 Å². The van der Waals surface area contributed by atoms with Crippen molar-refractivity contribution in [2.24, 2.45) is 5.92 Å². The van der Waals surface area contributed by atoms with Gasteiger partial charge in [-0.05, 0) is 36.5 Å². The van der Waals surface area contributed by atoms with E-state index in [2.05, 4.69) is 12.1 Å². The van der Waals surface area contributed by atoms with E-state index in [-0.39, 0.29) is 11.7 Å². The van der Waals surface area contributed by atoms with Gasteiger partial charge in [-0.2, -0.15) is 0 Å². The Morgan fingerprint density at radius 2 is 2.00 bits per heavy atom. The molecule has 0 aliphatic carbocycles. The number of carbonyl (C=O) groups excluding carboxylic acids is 1. The van der Waals surface area contributed by atoms with Gasteiger partial charge < -0.3 is 9.64 Å². The number of likely N-dealkylation sites (tertiary alicyclic amines) is 1. The highest BCUT2D eigenvalue weighted by molar-refractivity contribution is 7.90. The number of ether oxygens (including phenoxy) is 1. The summed E-state index contributed by atoms with van der Waals surface area (Å²) in [5.74, 6) is 0.654. The Balaban J connectivity index is 1.94. The fourth-order valence-corrected chi connectivity index (χ4v) is 4.22. The predicted octanol–water partition coefficient (Wildman–Crippen LogP) is 2.08. The number of hydrogen-bond donors (Lipinski definition) is 0. The standard InChI is InChI=1S/C17H25NO4S/c1-13(12-23(3,20)21)17(19)18-9-7-14(8-10-18)15-5-4-6-16(11-15)22-2/h4-6,11,13-14H,7-10,12H2,1-3H3/t13-/m0/s1. The highest BCUT2D eigenvalue weighted by atomic mass is 32.2. The van der Waals surface area contributed by atoms with Crippen LogP contribution in [0.1, 0.15) is 31.2 Å². The van der Waals surface area contributed by atoms with Crippen LogP contribution in [0, 0.1) is 5.92 Å². The van der Waals surface area contributed by atoms with Gasteiger partial charge in [-0.1, -0.05) is 19.1 Å². The van der Waals surface area contributed by atoms with Gasteiger partial charge in [0.1, 0.15) is 15.6 Å². The molecule has 0 unspecified atom stereocenters. The van der Waals surface area contributed by atoms with E-state index >= 15 is 0 Å². The topological polar surface area (TPSA) is 63.7 Å². The zero-order valence-corrected chi connectivity index (χ0v) is 14.8. The zero-order valence-electron chi connectivity index (χ0n) is 14.0. The van der Waals surface area contributed by atoms with E-state index in [4.69, 9.17) is 4.74 Å². The molecule has 1 aromatic carbocycles. The van der Waals surface area contributed by atoms with E-state index in [1.54, 1.807) is 18.9 Å². The molecule has 5 nitrogen and oxygen atoms in total. The molecule has 0 radical (unpaired) electrons. The normalized spacial score (nSPS) is 17.8. The van der Waals surface area contributed by atoms with Crippen LogP contribution < -0.4 is 4.74 Å². The fourth-order valence-electron chi connectivity index (χ4n) is 3.17. The van der Waals surface area contributed by atoms with Crippen molar-refractivity contribution >= 4 is 15.7 Å². The SMILES string of the molecule is COc1cccc(C2CCN(C(=O)[C@@H](C)CS(C)(=O)=O)CC2)c1. The van der Waals surface area contributed by atoms with Crippen molar-refractivity contribution in [2.45, 2.75) is 25.7 Å². The van der Waals surface area contributed by atoms with Crippen molar-refractivity contribution in [3.63, 3.8) is 0 Å². The number of hydrogen-bond acceptors (Lipinski definition) is 4. The molecule has 1 aliphatic heterocycles. The lowest BCUT2D eigenvalue weighted by molar-refractivity contribution is -0.135. The lowest BCUT2D eigenvalue weighted by Gasteiger charge is -2.33. The van der Waals surface area contributed by atoms with E-state index in [1.807, 2.05) is 12.1 Å². The summed E-state index contributed by atoms with van der Waals surface area (Å²) in [6.07, 6.45) is 2.96. The number of piperidine rings is 1. The van der Waals surface area contributed by atoms with Crippen LogP contribution in [0.3, 0.4) is 0 Å². The Bertz CT molecular complexity index is 648. The minimum atomic E-state index is -3.13. The zero-order chi connectivity index (χ0) is 17.0. The van der Waals surface area contributed by atoms with Gasteiger partial charge in [0, 0.05) is 25.3 Å². The Kier molecular flexibility index (Phi) is 5.68. The lowest BCUT2D eigenvalue weighted by Crippen LogP contribution is -2.42. The monoisotopic (exact) mass is 339 g/mol. The molecule has 1 atom stereocenters. The van der Waals surface area contributed by atoms with Gasteiger partial charge in [-0.15, -0.1) is 0 Å². The summed E-state index contributed by atoms with van der Waals surface area (Å²) in [5, 5.41) is 0. The smallest absolute Gasteiger partial charge is 0.226 e. The Hall–Kier alpha value is -1.56. The molecule has 1 amide bonds. The molecule has 1 fully saturated rings. The number of amides is 1. The third-order valence-corrected chi connectivity index (χ3v) is 5.45. The second-order valence-electron chi connectivity index (χ2n) is 6.37. The maximum absolute atomic E-state index is 12.4. The van der Waals surface area contributed by atoms with Gasteiger partial charge in [0.05, 0.1) is 12.9 Å². The summed E-state index contributed by atoms with van der Waals surface area (Å²) in [7, 11) is -1.47. The molecule has 1 aromatic rings. The maximum atomic E-state index is 12.4. The van der Waals surface area contributed by atoms with Gasteiger partial charge in [-0.25, -0.2) is 8.42 Å². The first-order valence-electron chi connectivity index (χ1n) is 7.90. The quantitative estimate of drug-likeness (QED) is 0.824. The van der Waals surface area contributed by atoms with Gasteiger partial charge in [-0.3, -0.25) is 4.79 Å². The van der Waals surface area contributed by atoms with Crippen LogP contribution in [-0.4, -0.2) is 51.4 Å². The highest BCUT2D eigenvalue weighted by Gasteiger charge is 2.28.